The fourth-order valence-corrected chi connectivity index (χ4v) is 2.58. The van der Waals surface area contributed by atoms with Crippen molar-refractivity contribution in [1.29, 1.82) is 0 Å². The standard InChI is InChI=1S/C14H23N5O/c1-2-8-19-9-5-11(6-10-19)17-14(20)12-4-3-7-16-13(12)18-15/h3-4,7,11H,2,5-6,8-10,15H2,1H3,(H,16,18)(H,17,20). The van der Waals surface area contributed by atoms with Gasteiger partial charge in [-0.3, -0.25) is 4.79 Å². The Morgan fingerprint density at radius 3 is 2.90 bits per heavy atom. The molecule has 2 rings (SSSR count). The number of rotatable bonds is 5. The molecule has 0 saturated carbocycles. The van der Waals surface area contributed by atoms with Crippen molar-refractivity contribution in [3.05, 3.63) is 23.9 Å². The molecule has 1 aliphatic heterocycles. The third kappa shape index (κ3) is 3.68. The van der Waals surface area contributed by atoms with Gasteiger partial charge < -0.3 is 15.6 Å². The molecule has 20 heavy (non-hydrogen) atoms. The molecule has 0 unspecified atom stereocenters. The number of piperidine rings is 1. The number of hydrazine groups is 1. The van der Waals surface area contributed by atoms with Crippen LogP contribution in [0.2, 0.25) is 0 Å². The first-order chi connectivity index (χ1) is 9.74. The van der Waals surface area contributed by atoms with E-state index in [4.69, 9.17) is 5.84 Å². The van der Waals surface area contributed by atoms with Crippen LogP contribution >= 0.6 is 0 Å². The molecule has 1 amide bonds. The minimum Gasteiger partial charge on any atom is -0.349 e. The van der Waals surface area contributed by atoms with Crippen molar-refractivity contribution in [2.75, 3.05) is 25.1 Å². The SMILES string of the molecule is CCCN1CCC(NC(=O)c2cccnc2NN)CC1. The topological polar surface area (TPSA) is 83.3 Å². The molecule has 1 aromatic heterocycles. The normalized spacial score (nSPS) is 16.9. The van der Waals surface area contributed by atoms with Crippen molar-refractivity contribution in [3.8, 4) is 0 Å². The van der Waals surface area contributed by atoms with Gasteiger partial charge in [-0.25, -0.2) is 10.8 Å². The van der Waals surface area contributed by atoms with E-state index in [0.717, 1.165) is 32.5 Å². The Balaban J connectivity index is 1.89. The number of carbonyl (C=O) groups excluding carboxylic acids is 1. The Morgan fingerprint density at radius 2 is 2.25 bits per heavy atom. The van der Waals surface area contributed by atoms with Crippen LogP contribution in [0.5, 0.6) is 0 Å². The summed E-state index contributed by atoms with van der Waals surface area (Å²) < 4.78 is 0. The number of nitrogens with zero attached hydrogens (tertiary/aromatic N) is 2. The third-order valence-corrected chi connectivity index (χ3v) is 3.65. The molecule has 1 fully saturated rings. The van der Waals surface area contributed by atoms with Crippen molar-refractivity contribution in [2.45, 2.75) is 32.2 Å². The van der Waals surface area contributed by atoms with E-state index in [1.54, 1.807) is 18.3 Å². The minimum atomic E-state index is -0.111. The van der Waals surface area contributed by atoms with Crippen LogP contribution in [-0.4, -0.2) is 41.5 Å². The number of hydrogen-bond donors (Lipinski definition) is 3. The van der Waals surface area contributed by atoms with Crippen LogP contribution in [0.15, 0.2) is 18.3 Å². The molecule has 0 radical (unpaired) electrons. The summed E-state index contributed by atoms with van der Waals surface area (Å²) >= 11 is 0. The zero-order chi connectivity index (χ0) is 14.4. The van der Waals surface area contributed by atoms with Gasteiger partial charge in [-0.1, -0.05) is 6.92 Å². The van der Waals surface area contributed by atoms with Crippen LogP contribution in [0, 0.1) is 0 Å². The third-order valence-electron chi connectivity index (χ3n) is 3.65. The second kappa shape index (κ2) is 7.21. The van der Waals surface area contributed by atoms with Crippen LogP contribution in [0.25, 0.3) is 0 Å². The first kappa shape index (κ1) is 14.7. The van der Waals surface area contributed by atoms with E-state index >= 15 is 0 Å². The molecule has 0 atom stereocenters. The maximum atomic E-state index is 12.2. The summed E-state index contributed by atoms with van der Waals surface area (Å²) in [5.41, 5.74) is 2.95. The summed E-state index contributed by atoms with van der Waals surface area (Å²) in [6, 6.07) is 3.70. The molecule has 0 spiro atoms. The lowest BCUT2D eigenvalue weighted by molar-refractivity contribution is 0.0911. The van der Waals surface area contributed by atoms with Crippen molar-refractivity contribution in [3.63, 3.8) is 0 Å². The van der Waals surface area contributed by atoms with Crippen LogP contribution < -0.4 is 16.6 Å². The van der Waals surface area contributed by atoms with Crippen molar-refractivity contribution >= 4 is 11.7 Å². The number of aromatic nitrogens is 1. The monoisotopic (exact) mass is 277 g/mol. The Morgan fingerprint density at radius 1 is 1.50 bits per heavy atom. The molecule has 0 aliphatic carbocycles. The highest BCUT2D eigenvalue weighted by Crippen LogP contribution is 2.14. The number of amides is 1. The molecule has 6 nitrogen and oxygen atoms in total. The van der Waals surface area contributed by atoms with E-state index in [1.165, 1.54) is 6.42 Å². The molecule has 1 aliphatic rings. The second-order valence-corrected chi connectivity index (χ2v) is 5.13. The van der Waals surface area contributed by atoms with Gasteiger partial charge in [-0.05, 0) is 37.9 Å². The highest BCUT2D eigenvalue weighted by molar-refractivity contribution is 5.98. The van der Waals surface area contributed by atoms with Crippen molar-refractivity contribution < 1.29 is 4.79 Å². The van der Waals surface area contributed by atoms with Gasteiger partial charge in [0.2, 0.25) is 0 Å². The summed E-state index contributed by atoms with van der Waals surface area (Å²) in [6.07, 6.45) is 4.78. The maximum absolute atomic E-state index is 12.2. The quantitative estimate of drug-likeness (QED) is 0.552. The summed E-state index contributed by atoms with van der Waals surface area (Å²) in [5.74, 6) is 5.67. The Labute approximate surface area is 119 Å². The summed E-state index contributed by atoms with van der Waals surface area (Å²) in [4.78, 5) is 18.7. The van der Waals surface area contributed by atoms with E-state index in [2.05, 4.69) is 27.6 Å². The Bertz CT molecular complexity index is 443. The van der Waals surface area contributed by atoms with Crippen molar-refractivity contribution in [1.82, 2.24) is 15.2 Å². The molecule has 1 saturated heterocycles. The Kier molecular flexibility index (Phi) is 5.31. The van der Waals surface area contributed by atoms with E-state index in [1.807, 2.05) is 0 Å². The fraction of sp³-hybridized carbons (Fsp3) is 0.571. The number of nitrogen functional groups attached to an aromatic ring is 1. The largest absolute Gasteiger partial charge is 0.349 e. The average Bonchev–Trinajstić information content (AvgIpc) is 2.49. The number of likely N-dealkylation sites (tertiary alicyclic amines) is 1. The second-order valence-electron chi connectivity index (χ2n) is 5.13. The van der Waals surface area contributed by atoms with Crippen LogP contribution in [0.3, 0.4) is 0 Å². The zero-order valence-electron chi connectivity index (χ0n) is 11.9. The summed E-state index contributed by atoms with van der Waals surface area (Å²) in [7, 11) is 0. The molecule has 1 aromatic rings. The average molecular weight is 277 g/mol. The van der Waals surface area contributed by atoms with E-state index in [0.29, 0.717) is 11.4 Å². The lowest BCUT2D eigenvalue weighted by Gasteiger charge is -2.32. The molecule has 0 aromatic carbocycles. The predicted molar refractivity (Wildman–Crippen MR) is 79.3 cm³/mol. The lowest BCUT2D eigenvalue weighted by atomic mass is 10.0. The predicted octanol–water partition coefficient (Wildman–Crippen LogP) is 0.971. The highest BCUT2D eigenvalue weighted by Gasteiger charge is 2.21. The van der Waals surface area contributed by atoms with Gasteiger partial charge in [0.1, 0.15) is 0 Å². The van der Waals surface area contributed by atoms with Gasteiger partial charge in [0.25, 0.3) is 5.91 Å². The van der Waals surface area contributed by atoms with Crippen LogP contribution in [0.1, 0.15) is 36.5 Å². The first-order valence-corrected chi connectivity index (χ1v) is 7.19. The number of hydrogen-bond acceptors (Lipinski definition) is 5. The number of carbonyl (C=O) groups is 1. The molecule has 6 heteroatoms. The Hall–Kier alpha value is -1.66. The van der Waals surface area contributed by atoms with E-state index in [9.17, 15) is 4.79 Å². The van der Waals surface area contributed by atoms with Crippen molar-refractivity contribution in [2.24, 2.45) is 5.84 Å². The van der Waals surface area contributed by atoms with Gasteiger partial charge in [-0.2, -0.15) is 0 Å². The summed E-state index contributed by atoms with van der Waals surface area (Å²) in [5, 5.41) is 3.07. The van der Waals surface area contributed by atoms with Gasteiger partial charge in [0.15, 0.2) is 5.82 Å². The zero-order valence-corrected chi connectivity index (χ0v) is 11.9. The van der Waals surface area contributed by atoms with Crippen LogP contribution in [-0.2, 0) is 0 Å². The highest BCUT2D eigenvalue weighted by atomic mass is 16.1. The molecule has 2 heterocycles. The number of nitrogens with two attached hydrogens (primary N) is 1. The first-order valence-electron chi connectivity index (χ1n) is 7.19. The van der Waals surface area contributed by atoms with Gasteiger partial charge in [-0.15, -0.1) is 0 Å². The minimum absolute atomic E-state index is 0.111. The number of nitrogens with one attached hydrogen (secondary N) is 2. The van der Waals surface area contributed by atoms with Crippen LogP contribution in [0.4, 0.5) is 5.82 Å². The van der Waals surface area contributed by atoms with Gasteiger partial charge in [0, 0.05) is 25.3 Å². The van der Waals surface area contributed by atoms with E-state index in [-0.39, 0.29) is 11.9 Å². The maximum Gasteiger partial charge on any atom is 0.255 e. The fourth-order valence-electron chi connectivity index (χ4n) is 2.58. The van der Waals surface area contributed by atoms with E-state index < -0.39 is 0 Å². The molecular formula is C14H23N5O. The number of pyridine rings is 1. The van der Waals surface area contributed by atoms with Gasteiger partial charge in [0.05, 0.1) is 5.56 Å². The number of anilines is 1. The summed E-state index contributed by atoms with van der Waals surface area (Å²) in [6.45, 7) is 5.43. The molecule has 110 valence electrons. The molecular weight excluding hydrogens is 254 g/mol. The van der Waals surface area contributed by atoms with Gasteiger partial charge >= 0.3 is 0 Å². The lowest BCUT2D eigenvalue weighted by Crippen LogP contribution is -2.45. The smallest absolute Gasteiger partial charge is 0.255 e. The molecule has 0 bridgehead atoms. The molecule has 4 N–H and O–H groups in total.